The fourth-order valence-electron chi connectivity index (χ4n) is 2.71. The Labute approximate surface area is 133 Å². The zero-order chi connectivity index (χ0) is 15.2. The molecule has 20 heavy (non-hydrogen) atoms. The van der Waals surface area contributed by atoms with Crippen molar-refractivity contribution in [3.63, 3.8) is 0 Å². The summed E-state index contributed by atoms with van der Waals surface area (Å²) >= 11 is 2.27. The molecule has 2 atom stereocenters. The summed E-state index contributed by atoms with van der Waals surface area (Å²) in [4.78, 5) is 24.2. The summed E-state index contributed by atoms with van der Waals surface area (Å²) in [7, 11) is 2.61. The van der Waals surface area contributed by atoms with Crippen molar-refractivity contribution in [2.45, 2.75) is 38.7 Å². The SMILES string of the molecule is CCCCO[C@H]1CC(C(=O)OC)(C(=O)OC)C[C@H]1CI. The van der Waals surface area contributed by atoms with E-state index in [1.54, 1.807) is 0 Å². The lowest BCUT2D eigenvalue weighted by atomic mass is 9.85. The third-order valence-corrected chi connectivity index (χ3v) is 5.00. The molecule has 0 aromatic heterocycles. The van der Waals surface area contributed by atoms with Crippen molar-refractivity contribution in [3.8, 4) is 0 Å². The van der Waals surface area contributed by atoms with Crippen LogP contribution in [0.2, 0.25) is 0 Å². The zero-order valence-corrected chi connectivity index (χ0v) is 14.5. The number of ether oxygens (including phenoxy) is 3. The Morgan fingerprint density at radius 3 is 2.25 bits per heavy atom. The van der Waals surface area contributed by atoms with E-state index < -0.39 is 17.4 Å². The van der Waals surface area contributed by atoms with E-state index in [4.69, 9.17) is 14.2 Å². The van der Waals surface area contributed by atoms with E-state index in [1.165, 1.54) is 14.2 Å². The van der Waals surface area contributed by atoms with Crippen LogP contribution in [0.3, 0.4) is 0 Å². The van der Waals surface area contributed by atoms with Crippen molar-refractivity contribution in [2.24, 2.45) is 11.3 Å². The molecule has 0 N–H and O–H groups in total. The van der Waals surface area contributed by atoms with Gasteiger partial charge in [-0.1, -0.05) is 35.9 Å². The molecule has 0 heterocycles. The number of unbranched alkanes of at least 4 members (excludes halogenated alkanes) is 1. The van der Waals surface area contributed by atoms with E-state index in [9.17, 15) is 9.59 Å². The zero-order valence-electron chi connectivity index (χ0n) is 12.3. The lowest BCUT2D eigenvalue weighted by Gasteiger charge is -2.23. The smallest absolute Gasteiger partial charge is 0.323 e. The Kier molecular flexibility index (Phi) is 7.22. The van der Waals surface area contributed by atoms with Gasteiger partial charge in [-0.2, -0.15) is 0 Å². The highest BCUT2D eigenvalue weighted by Gasteiger charge is 2.57. The van der Waals surface area contributed by atoms with Crippen molar-refractivity contribution < 1.29 is 23.8 Å². The minimum absolute atomic E-state index is 0.0864. The largest absolute Gasteiger partial charge is 0.468 e. The second-order valence-electron chi connectivity index (χ2n) is 5.15. The number of alkyl halides is 1. The molecule has 0 unspecified atom stereocenters. The quantitative estimate of drug-likeness (QED) is 0.217. The average Bonchev–Trinajstić information content (AvgIpc) is 2.86. The molecular formula is C14H23IO5. The Morgan fingerprint density at radius 1 is 1.20 bits per heavy atom. The van der Waals surface area contributed by atoms with Gasteiger partial charge >= 0.3 is 11.9 Å². The molecule has 0 radical (unpaired) electrons. The summed E-state index contributed by atoms with van der Waals surface area (Å²) in [6.45, 7) is 2.76. The van der Waals surface area contributed by atoms with Gasteiger partial charge in [0.1, 0.15) is 0 Å². The molecule has 0 spiro atoms. The number of rotatable bonds is 7. The number of carbonyl (C=O) groups is 2. The highest BCUT2D eigenvalue weighted by atomic mass is 127. The fraction of sp³-hybridized carbons (Fsp3) is 0.857. The first-order valence-corrected chi connectivity index (χ1v) is 8.42. The Morgan fingerprint density at radius 2 is 1.80 bits per heavy atom. The number of carbonyl (C=O) groups excluding carboxylic acids is 2. The standard InChI is InChI=1S/C14H23IO5/c1-4-5-6-20-11-8-14(12(16)18-2,13(17)19-3)7-10(11)9-15/h10-11H,4-9H2,1-3H3/t10-,11-/m0/s1. The van der Waals surface area contributed by atoms with E-state index >= 15 is 0 Å². The van der Waals surface area contributed by atoms with E-state index in [2.05, 4.69) is 29.5 Å². The predicted octanol–water partition coefficient (Wildman–Crippen LogP) is 2.35. The Balaban J connectivity index is 2.87. The third-order valence-electron chi connectivity index (χ3n) is 3.87. The number of esters is 2. The number of hydrogen-bond donors (Lipinski definition) is 0. The number of halogens is 1. The Bertz CT molecular complexity index is 328. The normalized spacial score (nSPS) is 24.4. The summed E-state index contributed by atoms with van der Waals surface area (Å²) < 4.78 is 16.4. The van der Waals surface area contributed by atoms with Crippen LogP contribution in [0.15, 0.2) is 0 Å². The van der Waals surface area contributed by atoms with Crippen molar-refractivity contribution >= 4 is 34.5 Å². The van der Waals surface area contributed by atoms with Crippen LogP contribution in [-0.4, -0.2) is 43.3 Å². The van der Waals surface area contributed by atoms with Crippen LogP contribution in [0.5, 0.6) is 0 Å². The van der Waals surface area contributed by atoms with Crippen molar-refractivity contribution in [3.05, 3.63) is 0 Å². The molecule has 116 valence electrons. The summed E-state index contributed by atoms with van der Waals surface area (Å²) in [6.07, 6.45) is 2.74. The van der Waals surface area contributed by atoms with Crippen LogP contribution in [-0.2, 0) is 23.8 Å². The van der Waals surface area contributed by atoms with Gasteiger partial charge in [0.05, 0.1) is 20.3 Å². The van der Waals surface area contributed by atoms with Crippen LogP contribution in [0.4, 0.5) is 0 Å². The molecule has 1 aliphatic carbocycles. The molecule has 0 aliphatic heterocycles. The molecule has 5 nitrogen and oxygen atoms in total. The number of hydrogen-bond acceptors (Lipinski definition) is 5. The molecule has 0 saturated heterocycles. The van der Waals surface area contributed by atoms with Crippen LogP contribution in [0, 0.1) is 11.3 Å². The second kappa shape index (κ2) is 8.17. The molecule has 0 bridgehead atoms. The highest BCUT2D eigenvalue weighted by Crippen LogP contribution is 2.46. The maximum Gasteiger partial charge on any atom is 0.323 e. The monoisotopic (exact) mass is 398 g/mol. The van der Waals surface area contributed by atoms with E-state index in [-0.39, 0.29) is 12.0 Å². The first-order chi connectivity index (χ1) is 9.55. The van der Waals surface area contributed by atoms with Gasteiger partial charge in [-0.15, -0.1) is 0 Å². The van der Waals surface area contributed by atoms with Gasteiger partial charge in [-0.05, 0) is 18.8 Å². The van der Waals surface area contributed by atoms with Crippen molar-refractivity contribution in [2.75, 3.05) is 25.3 Å². The molecule has 1 rings (SSSR count). The van der Waals surface area contributed by atoms with Crippen molar-refractivity contribution in [1.82, 2.24) is 0 Å². The summed E-state index contributed by atoms with van der Waals surface area (Å²) in [5.41, 5.74) is -1.20. The molecule has 1 saturated carbocycles. The van der Waals surface area contributed by atoms with E-state index in [0.29, 0.717) is 19.4 Å². The Hall–Kier alpha value is -0.370. The lowest BCUT2D eigenvalue weighted by molar-refractivity contribution is -0.169. The summed E-state index contributed by atoms with van der Waals surface area (Å²) in [6, 6.07) is 0. The topological polar surface area (TPSA) is 61.8 Å². The van der Waals surface area contributed by atoms with Gasteiger partial charge in [0.25, 0.3) is 0 Å². The molecular weight excluding hydrogens is 375 g/mol. The van der Waals surface area contributed by atoms with E-state index in [1.807, 2.05) is 0 Å². The molecule has 1 aliphatic rings. The van der Waals surface area contributed by atoms with Gasteiger partial charge < -0.3 is 14.2 Å². The van der Waals surface area contributed by atoms with Crippen LogP contribution in [0.1, 0.15) is 32.6 Å². The van der Waals surface area contributed by atoms with Crippen LogP contribution in [0.25, 0.3) is 0 Å². The third kappa shape index (κ3) is 3.63. The maximum atomic E-state index is 12.1. The van der Waals surface area contributed by atoms with Gasteiger partial charge in [0, 0.05) is 17.5 Å². The fourth-order valence-corrected chi connectivity index (χ4v) is 3.59. The molecule has 0 aromatic rings. The molecule has 6 heteroatoms. The number of methoxy groups -OCH3 is 2. The molecule has 0 amide bonds. The van der Waals surface area contributed by atoms with Crippen LogP contribution < -0.4 is 0 Å². The van der Waals surface area contributed by atoms with Gasteiger partial charge in [-0.25, -0.2) is 0 Å². The minimum atomic E-state index is -1.20. The minimum Gasteiger partial charge on any atom is -0.468 e. The highest BCUT2D eigenvalue weighted by molar-refractivity contribution is 14.1. The second-order valence-corrected chi connectivity index (χ2v) is 6.03. The van der Waals surface area contributed by atoms with Gasteiger partial charge in [-0.3, -0.25) is 9.59 Å². The lowest BCUT2D eigenvalue weighted by Crippen LogP contribution is -2.39. The van der Waals surface area contributed by atoms with Gasteiger partial charge in [0.15, 0.2) is 5.41 Å². The van der Waals surface area contributed by atoms with Crippen molar-refractivity contribution in [1.29, 1.82) is 0 Å². The van der Waals surface area contributed by atoms with E-state index in [0.717, 1.165) is 17.3 Å². The molecule has 1 fully saturated rings. The molecule has 0 aromatic carbocycles. The maximum absolute atomic E-state index is 12.1. The first kappa shape index (κ1) is 17.7. The van der Waals surface area contributed by atoms with Crippen LogP contribution >= 0.6 is 22.6 Å². The summed E-state index contributed by atoms with van der Waals surface area (Å²) in [5.74, 6) is -0.854. The first-order valence-electron chi connectivity index (χ1n) is 6.90. The predicted molar refractivity (Wildman–Crippen MR) is 82.7 cm³/mol. The summed E-state index contributed by atoms with van der Waals surface area (Å²) in [5, 5.41) is 0. The average molecular weight is 398 g/mol. The van der Waals surface area contributed by atoms with Gasteiger partial charge in [0.2, 0.25) is 0 Å².